The smallest absolute Gasteiger partial charge is 0.191 e. The van der Waals surface area contributed by atoms with Crippen LogP contribution in [0.15, 0.2) is 29.7 Å². The van der Waals surface area contributed by atoms with Crippen molar-refractivity contribution >= 4 is 17.4 Å². The highest BCUT2D eigenvalue weighted by Crippen LogP contribution is 2.46. The van der Waals surface area contributed by atoms with Crippen LogP contribution in [0.4, 0.5) is 0 Å². The molecule has 3 heterocycles. The second-order valence-electron chi connectivity index (χ2n) is 6.71. The summed E-state index contributed by atoms with van der Waals surface area (Å²) in [7, 11) is 0. The summed E-state index contributed by atoms with van der Waals surface area (Å²) in [4.78, 5) is 4.70. The average molecular weight is 325 g/mol. The molecule has 5 rings (SSSR count). The summed E-state index contributed by atoms with van der Waals surface area (Å²) in [5, 5.41) is 10.0. The first kappa shape index (κ1) is 13.6. The van der Waals surface area contributed by atoms with Crippen LogP contribution in [0.2, 0.25) is 0 Å². The zero-order chi connectivity index (χ0) is 15.4. The zero-order valence-corrected chi connectivity index (χ0v) is 14.0. The molecule has 5 nitrogen and oxygen atoms in total. The molecule has 2 aliphatic carbocycles. The fourth-order valence-corrected chi connectivity index (χ4v) is 3.94. The van der Waals surface area contributed by atoms with Crippen molar-refractivity contribution < 1.29 is 0 Å². The first-order valence-electron chi connectivity index (χ1n) is 8.30. The Morgan fingerprint density at radius 1 is 1.13 bits per heavy atom. The Labute approximate surface area is 139 Å². The van der Waals surface area contributed by atoms with E-state index in [1.54, 1.807) is 11.8 Å². The minimum atomic E-state index is 0.645. The molecule has 0 amide bonds. The van der Waals surface area contributed by atoms with Crippen molar-refractivity contribution in [1.82, 2.24) is 24.1 Å². The molecule has 118 valence electrons. The van der Waals surface area contributed by atoms with Gasteiger partial charge < -0.3 is 8.97 Å². The van der Waals surface area contributed by atoms with Crippen molar-refractivity contribution in [2.75, 3.05) is 0 Å². The highest BCUT2D eigenvalue weighted by molar-refractivity contribution is 7.98. The Morgan fingerprint density at radius 3 is 2.78 bits per heavy atom. The molecule has 2 saturated carbocycles. The first-order valence-corrected chi connectivity index (χ1v) is 9.28. The summed E-state index contributed by atoms with van der Waals surface area (Å²) < 4.78 is 4.51. The van der Waals surface area contributed by atoms with Crippen molar-refractivity contribution in [3.8, 4) is 0 Å². The molecule has 3 aromatic rings. The van der Waals surface area contributed by atoms with Crippen LogP contribution in [-0.2, 0) is 5.75 Å². The first-order chi connectivity index (χ1) is 11.3. The van der Waals surface area contributed by atoms with Crippen LogP contribution in [0.25, 0.3) is 5.65 Å². The van der Waals surface area contributed by atoms with Gasteiger partial charge >= 0.3 is 0 Å². The quantitative estimate of drug-likeness (QED) is 0.671. The van der Waals surface area contributed by atoms with Gasteiger partial charge in [0.05, 0.1) is 5.69 Å². The molecular weight excluding hydrogens is 306 g/mol. The fourth-order valence-electron chi connectivity index (χ4n) is 3.05. The van der Waals surface area contributed by atoms with E-state index in [9.17, 15) is 0 Å². The minimum absolute atomic E-state index is 0.645. The third-order valence-corrected chi connectivity index (χ3v) is 5.52. The standard InChI is InChI=1S/C17H19N5S/c1-11-2-7-15-18-13(9-21(15)8-11)10-23-17-20-19-16(12-3-4-12)22(17)14-5-6-14/h2,7-9,12,14H,3-6,10H2,1H3. The summed E-state index contributed by atoms with van der Waals surface area (Å²) in [6.45, 7) is 2.10. The van der Waals surface area contributed by atoms with E-state index in [1.165, 1.54) is 37.1 Å². The Morgan fingerprint density at radius 2 is 2.00 bits per heavy atom. The lowest BCUT2D eigenvalue weighted by atomic mass is 10.3. The van der Waals surface area contributed by atoms with Crippen LogP contribution in [0.3, 0.4) is 0 Å². The van der Waals surface area contributed by atoms with Crippen molar-refractivity contribution in [3.63, 3.8) is 0 Å². The maximum Gasteiger partial charge on any atom is 0.191 e. The SMILES string of the molecule is Cc1ccc2nc(CSc3nnc(C4CC4)n3C3CC3)cn2c1. The molecule has 6 heteroatoms. The lowest BCUT2D eigenvalue weighted by Gasteiger charge is -2.07. The van der Waals surface area contributed by atoms with Gasteiger partial charge in [-0.3, -0.25) is 0 Å². The van der Waals surface area contributed by atoms with Gasteiger partial charge in [0, 0.05) is 30.1 Å². The van der Waals surface area contributed by atoms with Crippen molar-refractivity contribution in [1.29, 1.82) is 0 Å². The number of aryl methyl sites for hydroxylation is 1. The van der Waals surface area contributed by atoms with Crippen LogP contribution >= 0.6 is 11.8 Å². The highest BCUT2D eigenvalue weighted by Gasteiger charge is 2.36. The monoisotopic (exact) mass is 325 g/mol. The average Bonchev–Trinajstić information content (AvgIpc) is 3.47. The number of rotatable bonds is 5. The van der Waals surface area contributed by atoms with Crippen LogP contribution in [-0.4, -0.2) is 24.1 Å². The van der Waals surface area contributed by atoms with E-state index in [2.05, 4.69) is 50.6 Å². The summed E-state index contributed by atoms with van der Waals surface area (Å²) in [5.74, 6) is 2.73. The topological polar surface area (TPSA) is 48.0 Å². The number of nitrogens with zero attached hydrogens (tertiary/aromatic N) is 5. The van der Waals surface area contributed by atoms with Gasteiger partial charge in [-0.2, -0.15) is 0 Å². The Bertz CT molecular complexity index is 872. The van der Waals surface area contributed by atoms with Gasteiger partial charge in [0.1, 0.15) is 11.5 Å². The number of imidazole rings is 1. The molecule has 0 atom stereocenters. The Kier molecular flexibility index (Phi) is 3.01. The van der Waals surface area contributed by atoms with Crippen LogP contribution in [0.1, 0.15) is 54.7 Å². The Balaban J connectivity index is 1.39. The molecule has 23 heavy (non-hydrogen) atoms. The summed E-state index contributed by atoms with van der Waals surface area (Å²) in [6, 6.07) is 4.82. The van der Waals surface area contributed by atoms with E-state index in [-0.39, 0.29) is 0 Å². The van der Waals surface area contributed by atoms with Crippen LogP contribution in [0, 0.1) is 6.92 Å². The second-order valence-corrected chi connectivity index (χ2v) is 7.65. The van der Waals surface area contributed by atoms with E-state index in [4.69, 9.17) is 4.98 Å². The van der Waals surface area contributed by atoms with Gasteiger partial charge in [0.2, 0.25) is 0 Å². The fraction of sp³-hybridized carbons (Fsp3) is 0.471. The third-order valence-electron chi connectivity index (χ3n) is 4.54. The minimum Gasteiger partial charge on any atom is -0.307 e. The molecule has 0 unspecified atom stereocenters. The molecule has 0 spiro atoms. The zero-order valence-electron chi connectivity index (χ0n) is 13.1. The van der Waals surface area contributed by atoms with Gasteiger partial charge in [0.25, 0.3) is 0 Å². The molecule has 0 aliphatic heterocycles. The van der Waals surface area contributed by atoms with Crippen LogP contribution < -0.4 is 0 Å². The molecule has 0 N–H and O–H groups in total. The predicted molar refractivity (Wildman–Crippen MR) is 89.8 cm³/mol. The molecule has 0 bridgehead atoms. The summed E-state index contributed by atoms with van der Waals surface area (Å²) in [6.07, 6.45) is 9.35. The molecule has 0 radical (unpaired) electrons. The van der Waals surface area contributed by atoms with Crippen LogP contribution in [0.5, 0.6) is 0 Å². The van der Waals surface area contributed by atoms with Gasteiger partial charge in [-0.1, -0.05) is 17.8 Å². The van der Waals surface area contributed by atoms with Gasteiger partial charge in [-0.25, -0.2) is 4.98 Å². The van der Waals surface area contributed by atoms with E-state index < -0.39 is 0 Å². The predicted octanol–water partition coefficient (Wildman–Crippen LogP) is 3.74. The number of fused-ring (bicyclic) bond motifs is 1. The van der Waals surface area contributed by atoms with Gasteiger partial charge in [0.15, 0.2) is 5.16 Å². The normalized spacial score (nSPS) is 18.0. The van der Waals surface area contributed by atoms with E-state index in [1.807, 2.05) is 0 Å². The maximum absolute atomic E-state index is 4.70. The van der Waals surface area contributed by atoms with Crippen molar-refractivity contribution in [2.24, 2.45) is 0 Å². The number of thioether (sulfide) groups is 1. The number of aromatic nitrogens is 5. The number of pyridine rings is 1. The van der Waals surface area contributed by atoms with Crippen molar-refractivity contribution in [2.45, 2.75) is 55.5 Å². The molecule has 2 fully saturated rings. The molecule has 0 saturated heterocycles. The van der Waals surface area contributed by atoms with Crippen molar-refractivity contribution in [3.05, 3.63) is 41.6 Å². The van der Waals surface area contributed by atoms with E-state index in [0.717, 1.165) is 22.3 Å². The number of hydrogen-bond acceptors (Lipinski definition) is 4. The Hall–Kier alpha value is -1.82. The second kappa shape index (κ2) is 5.09. The van der Waals surface area contributed by atoms with E-state index in [0.29, 0.717) is 12.0 Å². The molecule has 2 aliphatic rings. The molecule has 3 aromatic heterocycles. The summed E-state index contributed by atoms with van der Waals surface area (Å²) >= 11 is 1.77. The van der Waals surface area contributed by atoms with Gasteiger partial charge in [-0.05, 0) is 44.2 Å². The summed E-state index contributed by atoms with van der Waals surface area (Å²) in [5.41, 5.74) is 3.35. The number of hydrogen-bond donors (Lipinski definition) is 0. The highest BCUT2D eigenvalue weighted by atomic mass is 32.2. The largest absolute Gasteiger partial charge is 0.307 e. The maximum atomic E-state index is 4.70. The lowest BCUT2D eigenvalue weighted by Crippen LogP contribution is -2.01. The molecular formula is C17H19N5S. The lowest BCUT2D eigenvalue weighted by molar-refractivity contribution is 0.627. The van der Waals surface area contributed by atoms with Gasteiger partial charge in [-0.15, -0.1) is 10.2 Å². The molecule has 0 aromatic carbocycles. The van der Waals surface area contributed by atoms with E-state index >= 15 is 0 Å². The third kappa shape index (κ3) is 2.55.